The zero-order chi connectivity index (χ0) is 10.7. The molecule has 0 aromatic heterocycles. The molecule has 1 unspecified atom stereocenters. The summed E-state index contributed by atoms with van der Waals surface area (Å²) in [4.78, 5) is 11.1. The summed E-state index contributed by atoms with van der Waals surface area (Å²) in [7, 11) is 0. The Morgan fingerprint density at radius 2 is 1.85 bits per heavy atom. The number of rotatable bonds is 4. The predicted molar refractivity (Wildman–Crippen MR) is 43.2 cm³/mol. The highest BCUT2D eigenvalue weighted by molar-refractivity contribution is 5.87. The molecule has 0 aliphatic carbocycles. The number of hydrogen-bond donors (Lipinski definition) is 1. The predicted octanol–water partition coefficient (Wildman–Crippen LogP) is 2.03. The second-order valence-electron chi connectivity index (χ2n) is 3.31. The quantitative estimate of drug-likeness (QED) is 0.749. The second-order valence-corrected chi connectivity index (χ2v) is 3.31. The molecular weight excluding hydrogens is 183 g/mol. The van der Waals surface area contributed by atoms with E-state index in [0.29, 0.717) is 6.42 Å². The number of carbonyl (C=O) groups is 1. The molecule has 0 saturated heterocycles. The Balaban J connectivity index is 4.03. The lowest BCUT2D eigenvalue weighted by Crippen LogP contribution is -2.44. The normalized spacial score (nSPS) is 16.8. The van der Waals surface area contributed by atoms with Gasteiger partial charge in [-0.15, -0.1) is 0 Å². The van der Waals surface area contributed by atoms with Gasteiger partial charge in [0.05, 0.1) is 12.0 Å². The van der Waals surface area contributed by atoms with Gasteiger partial charge in [-0.2, -0.15) is 13.2 Å². The zero-order valence-electron chi connectivity index (χ0n) is 7.74. The van der Waals surface area contributed by atoms with E-state index in [0.717, 1.165) is 0 Å². The maximum absolute atomic E-state index is 11.7. The molecule has 0 bridgehead atoms. The summed E-state index contributed by atoms with van der Waals surface area (Å²) in [6, 6.07) is 0. The van der Waals surface area contributed by atoms with Crippen LogP contribution >= 0.6 is 0 Å². The summed E-state index contributed by atoms with van der Waals surface area (Å²) in [6.45, 7) is 3.12. The van der Waals surface area contributed by atoms with Gasteiger partial charge in [0.15, 0.2) is 5.78 Å². The molecule has 13 heavy (non-hydrogen) atoms. The molecule has 2 N–H and O–H groups in total. The van der Waals surface area contributed by atoms with Crippen molar-refractivity contribution in [2.45, 2.75) is 44.8 Å². The van der Waals surface area contributed by atoms with Gasteiger partial charge in [-0.3, -0.25) is 4.79 Å². The third-order valence-corrected chi connectivity index (χ3v) is 2.01. The Hall–Kier alpha value is -0.580. The number of halogens is 3. The molecule has 5 heteroatoms. The fourth-order valence-corrected chi connectivity index (χ4v) is 0.738. The Labute approximate surface area is 75.3 Å². The molecule has 2 nitrogen and oxygen atoms in total. The van der Waals surface area contributed by atoms with E-state index in [4.69, 9.17) is 5.73 Å². The molecule has 78 valence electrons. The van der Waals surface area contributed by atoms with Gasteiger partial charge in [-0.25, -0.2) is 0 Å². The lowest BCUT2D eigenvalue weighted by molar-refractivity contribution is -0.145. The Bertz CT molecular complexity index is 186. The topological polar surface area (TPSA) is 43.1 Å². The fraction of sp³-hybridized carbons (Fsp3) is 0.875. The number of Topliss-reactive ketones (excluding diaryl/α,β-unsaturated/α-hetero) is 1. The summed E-state index contributed by atoms with van der Waals surface area (Å²) in [5.41, 5.74) is 4.35. The third-order valence-electron chi connectivity index (χ3n) is 2.01. The molecule has 0 aromatic rings. The number of ketones is 1. The van der Waals surface area contributed by atoms with E-state index < -0.39 is 30.3 Å². The van der Waals surface area contributed by atoms with Crippen LogP contribution in [0.25, 0.3) is 0 Å². The van der Waals surface area contributed by atoms with Crippen molar-refractivity contribution in [3.05, 3.63) is 0 Å². The van der Waals surface area contributed by atoms with E-state index >= 15 is 0 Å². The van der Waals surface area contributed by atoms with Crippen molar-refractivity contribution in [2.24, 2.45) is 5.73 Å². The van der Waals surface area contributed by atoms with Crippen LogP contribution in [0.4, 0.5) is 13.2 Å². The molecule has 0 fully saturated rings. The van der Waals surface area contributed by atoms with E-state index in [1.165, 1.54) is 6.92 Å². The average molecular weight is 197 g/mol. The summed E-state index contributed by atoms with van der Waals surface area (Å²) >= 11 is 0. The molecule has 0 spiro atoms. The van der Waals surface area contributed by atoms with Crippen LogP contribution in [0.1, 0.15) is 33.1 Å². The Morgan fingerprint density at radius 3 is 2.15 bits per heavy atom. The van der Waals surface area contributed by atoms with Crippen LogP contribution in [0.15, 0.2) is 0 Å². The number of carbonyl (C=O) groups excluding carboxylic acids is 1. The van der Waals surface area contributed by atoms with Crippen LogP contribution in [0.5, 0.6) is 0 Å². The van der Waals surface area contributed by atoms with E-state index in [1.54, 1.807) is 6.92 Å². The van der Waals surface area contributed by atoms with Crippen LogP contribution < -0.4 is 5.73 Å². The van der Waals surface area contributed by atoms with Gasteiger partial charge in [-0.05, 0) is 13.3 Å². The highest BCUT2D eigenvalue weighted by atomic mass is 19.4. The molecule has 0 amide bonds. The van der Waals surface area contributed by atoms with Gasteiger partial charge >= 0.3 is 6.18 Å². The Kier molecular flexibility index (Phi) is 3.90. The second kappa shape index (κ2) is 4.09. The first-order valence-electron chi connectivity index (χ1n) is 4.08. The molecule has 0 saturated carbocycles. The van der Waals surface area contributed by atoms with Crippen LogP contribution in [0, 0.1) is 0 Å². The average Bonchev–Trinajstić information content (AvgIpc) is 1.98. The molecule has 0 aromatic carbocycles. The molecule has 0 radical (unpaired) electrons. The van der Waals surface area contributed by atoms with Crippen molar-refractivity contribution in [2.75, 3.05) is 0 Å². The highest BCUT2D eigenvalue weighted by Crippen LogP contribution is 2.23. The van der Waals surface area contributed by atoms with Crippen LogP contribution in [0.2, 0.25) is 0 Å². The monoisotopic (exact) mass is 197 g/mol. The summed E-state index contributed by atoms with van der Waals surface area (Å²) in [5.74, 6) is -0.535. The summed E-state index contributed by atoms with van der Waals surface area (Å²) in [5, 5.41) is 0. The first-order valence-corrected chi connectivity index (χ1v) is 4.08. The first-order chi connectivity index (χ1) is 5.69. The molecule has 0 aliphatic heterocycles. The van der Waals surface area contributed by atoms with Crippen molar-refractivity contribution in [1.82, 2.24) is 0 Å². The molecule has 0 heterocycles. The minimum Gasteiger partial charge on any atom is -0.319 e. The van der Waals surface area contributed by atoms with Gasteiger partial charge in [0.25, 0.3) is 0 Å². The number of hydrogen-bond acceptors (Lipinski definition) is 2. The lowest BCUT2D eigenvalue weighted by Gasteiger charge is -2.20. The standard InChI is InChI=1S/C8H14F3NO/c1-3-7(2,12)6(13)4-5-8(9,10)11/h3-5,12H2,1-2H3. The van der Waals surface area contributed by atoms with Gasteiger partial charge in [-0.1, -0.05) is 6.92 Å². The van der Waals surface area contributed by atoms with Crippen molar-refractivity contribution in [3.63, 3.8) is 0 Å². The number of nitrogens with two attached hydrogens (primary N) is 1. The van der Waals surface area contributed by atoms with Crippen molar-refractivity contribution in [3.8, 4) is 0 Å². The van der Waals surface area contributed by atoms with Gasteiger partial charge < -0.3 is 5.73 Å². The van der Waals surface area contributed by atoms with Crippen molar-refractivity contribution < 1.29 is 18.0 Å². The van der Waals surface area contributed by atoms with Crippen molar-refractivity contribution >= 4 is 5.78 Å². The lowest BCUT2D eigenvalue weighted by atomic mass is 9.92. The van der Waals surface area contributed by atoms with E-state index in [-0.39, 0.29) is 0 Å². The molecule has 0 rings (SSSR count). The van der Waals surface area contributed by atoms with Crippen LogP contribution in [-0.4, -0.2) is 17.5 Å². The third kappa shape index (κ3) is 4.87. The molecule has 1 atom stereocenters. The van der Waals surface area contributed by atoms with Crippen molar-refractivity contribution in [1.29, 1.82) is 0 Å². The van der Waals surface area contributed by atoms with Gasteiger partial charge in [0.1, 0.15) is 0 Å². The highest BCUT2D eigenvalue weighted by Gasteiger charge is 2.32. The minimum absolute atomic E-state index is 0.351. The summed E-state index contributed by atoms with van der Waals surface area (Å²) < 4.78 is 35.1. The van der Waals surface area contributed by atoms with Crippen LogP contribution in [0.3, 0.4) is 0 Å². The Morgan fingerprint density at radius 1 is 1.38 bits per heavy atom. The van der Waals surface area contributed by atoms with Gasteiger partial charge in [0, 0.05) is 6.42 Å². The SMILES string of the molecule is CCC(C)(N)C(=O)CCC(F)(F)F. The van der Waals surface area contributed by atoms with Gasteiger partial charge in [0.2, 0.25) is 0 Å². The minimum atomic E-state index is -4.28. The maximum atomic E-state index is 11.7. The molecule has 0 aliphatic rings. The van der Waals surface area contributed by atoms with E-state index in [1.807, 2.05) is 0 Å². The van der Waals surface area contributed by atoms with E-state index in [2.05, 4.69) is 0 Å². The zero-order valence-corrected chi connectivity index (χ0v) is 7.74. The maximum Gasteiger partial charge on any atom is 0.389 e. The molecular formula is C8H14F3NO. The fourth-order valence-electron chi connectivity index (χ4n) is 0.738. The summed E-state index contributed by atoms with van der Waals surface area (Å²) in [6.07, 6.45) is -5.54. The van der Waals surface area contributed by atoms with Crippen LogP contribution in [-0.2, 0) is 4.79 Å². The smallest absolute Gasteiger partial charge is 0.319 e. The first kappa shape index (κ1) is 12.4. The number of alkyl halides is 3. The largest absolute Gasteiger partial charge is 0.389 e. The van der Waals surface area contributed by atoms with E-state index in [9.17, 15) is 18.0 Å².